The molecule has 4 aliphatic rings. The van der Waals surface area contributed by atoms with Gasteiger partial charge in [0.25, 0.3) is 0 Å². The second-order valence-electron chi connectivity index (χ2n) is 13.7. The highest BCUT2D eigenvalue weighted by Crippen LogP contribution is 2.75. The summed E-state index contributed by atoms with van der Waals surface area (Å²) in [5, 5.41) is 10.8. The molecule has 0 spiro atoms. The number of hydrogen-bond acceptors (Lipinski definition) is 1. The maximum Gasteiger partial charge on any atom is 0.0594 e. The molecule has 4 fully saturated rings. The van der Waals surface area contributed by atoms with E-state index in [4.69, 9.17) is 0 Å². The molecule has 0 aromatic rings. The molecule has 0 radical (unpaired) electrons. The highest BCUT2D eigenvalue weighted by atomic mass is 16.3. The summed E-state index contributed by atoms with van der Waals surface area (Å²) in [6.45, 7) is 21.8. The zero-order chi connectivity index (χ0) is 22.8. The molecule has 0 aromatic heterocycles. The molecular formula is C30H50O. The smallest absolute Gasteiger partial charge is 0.0594 e. The average Bonchev–Trinajstić information content (AvgIpc) is 3.03. The molecule has 0 aliphatic heterocycles. The highest BCUT2D eigenvalue weighted by molar-refractivity contribution is 5.20. The van der Waals surface area contributed by atoms with Crippen LogP contribution in [0.1, 0.15) is 113 Å². The van der Waals surface area contributed by atoms with E-state index >= 15 is 0 Å². The minimum atomic E-state index is -0.123. The molecule has 0 saturated heterocycles. The van der Waals surface area contributed by atoms with Gasteiger partial charge in [-0.25, -0.2) is 0 Å². The van der Waals surface area contributed by atoms with Crippen molar-refractivity contribution in [2.45, 2.75) is 119 Å². The van der Waals surface area contributed by atoms with E-state index in [1.807, 2.05) is 0 Å². The van der Waals surface area contributed by atoms with Crippen molar-refractivity contribution in [2.24, 2.45) is 45.3 Å². The number of aliphatic hydroxyl groups excluding tert-OH is 1. The molecule has 0 amide bonds. The third kappa shape index (κ3) is 3.34. The largest absolute Gasteiger partial charge is 0.393 e. The summed E-state index contributed by atoms with van der Waals surface area (Å²) in [5.41, 5.74) is 4.31. The summed E-state index contributed by atoms with van der Waals surface area (Å²) in [6, 6.07) is 0. The Balaban J connectivity index is 1.59. The summed E-state index contributed by atoms with van der Waals surface area (Å²) in [4.78, 5) is 0. The molecule has 8 atom stereocenters. The third-order valence-electron chi connectivity index (χ3n) is 11.9. The van der Waals surface area contributed by atoms with Gasteiger partial charge < -0.3 is 5.11 Å². The van der Waals surface area contributed by atoms with E-state index in [1.165, 1.54) is 62.5 Å². The van der Waals surface area contributed by atoms with Gasteiger partial charge in [-0.15, -0.1) is 0 Å². The van der Waals surface area contributed by atoms with Crippen LogP contribution in [0.25, 0.3) is 0 Å². The van der Waals surface area contributed by atoms with Crippen LogP contribution < -0.4 is 0 Å². The second kappa shape index (κ2) is 7.75. The van der Waals surface area contributed by atoms with Crippen molar-refractivity contribution >= 4 is 0 Å². The Morgan fingerprint density at radius 3 is 2.23 bits per heavy atom. The predicted octanol–water partition coefficient (Wildman–Crippen LogP) is 8.34. The van der Waals surface area contributed by atoms with E-state index in [-0.39, 0.29) is 11.5 Å². The minimum Gasteiger partial charge on any atom is -0.393 e. The molecule has 31 heavy (non-hydrogen) atoms. The molecule has 4 saturated carbocycles. The monoisotopic (exact) mass is 426 g/mol. The quantitative estimate of drug-likeness (QED) is 0.448. The van der Waals surface area contributed by atoms with Crippen LogP contribution in [0.3, 0.4) is 0 Å². The zero-order valence-electron chi connectivity index (χ0n) is 21.7. The highest BCUT2D eigenvalue weighted by Gasteiger charge is 2.68. The van der Waals surface area contributed by atoms with E-state index in [1.54, 1.807) is 0 Å². The first-order chi connectivity index (χ1) is 14.4. The lowest BCUT2D eigenvalue weighted by atomic mass is 9.35. The Morgan fingerprint density at radius 1 is 0.871 bits per heavy atom. The molecule has 4 rings (SSSR count). The van der Waals surface area contributed by atoms with Crippen molar-refractivity contribution in [3.63, 3.8) is 0 Å². The molecule has 0 aromatic carbocycles. The van der Waals surface area contributed by atoms with Crippen molar-refractivity contribution < 1.29 is 5.11 Å². The lowest BCUT2D eigenvalue weighted by molar-refractivity contribution is -0.220. The maximum atomic E-state index is 10.8. The Hall–Kier alpha value is -0.560. The fourth-order valence-electron chi connectivity index (χ4n) is 9.95. The summed E-state index contributed by atoms with van der Waals surface area (Å²) in [5.74, 6) is 3.04. The van der Waals surface area contributed by atoms with Crippen LogP contribution in [0, 0.1) is 45.3 Å². The van der Waals surface area contributed by atoms with Gasteiger partial charge in [0, 0.05) is 0 Å². The van der Waals surface area contributed by atoms with Crippen LogP contribution >= 0.6 is 0 Å². The Kier molecular flexibility index (Phi) is 5.90. The van der Waals surface area contributed by atoms with Crippen molar-refractivity contribution in [1.82, 2.24) is 0 Å². The Morgan fingerprint density at radius 2 is 1.55 bits per heavy atom. The van der Waals surface area contributed by atoms with Gasteiger partial charge in [0.15, 0.2) is 0 Å². The second-order valence-corrected chi connectivity index (χ2v) is 13.7. The summed E-state index contributed by atoms with van der Waals surface area (Å²) >= 11 is 0. The first-order valence-corrected chi connectivity index (χ1v) is 13.4. The molecule has 176 valence electrons. The van der Waals surface area contributed by atoms with E-state index in [0.717, 1.165) is 30.6 Å². The third-order valence-corrected chi connectivity index (χ3v) is 11.9. The summed E-state index contributed by atoms with van der Waals surface area (Å²) in [7, 11) is 0. The molecule has 4 aliphatic carbocycles. The van der Waals surface area contributed by atoms with E-state index < -0.39 is 0 Å². The maximum absolute atomic E-state index is 10.8. The van der Waals surface area contributed by atoms with Crippen LogP contribution in [-0.4, -0.2) is 11.2 Å². The van der Waals surface area contributed by atoms with Gasteiger partial charge in [-0.2, -0.15) is 0 Å². The normalized spacial score (nSPS) is 48.3. The summed E-state index contributed by atoms with van der Waals surface area (Å²) < 4.78 is 0. The van der Waals surface area contributed by atoms with Crippen molar-refractivity contribution in [2.75, 3.05) is 0 Å². The van der Waals surface area contributed by atoms with E-state index in [9.17, 15) is 5.11 Å². The molecule has 0 heterocycles. The van der Waals surface area contributed by atoms with Gasteiger partial charge in [0.1, 0.15) is 0 Å². The lowest BCUT2D eigenvalue weighted by Gasteiger charge is -2.69. The number of allylic oxidation sites excluding steroid dienone is 3. The van der Waals surface area contributed by atoms with Gasteiger partial charge >= 0.3 is 0 Å². The molecule has 1 nitrogen and oxygen atoms in total. The van der Waals surface area contributed by atoms with Gasteiger partial charge in [-0.3, -0.25) is 0 Å². The van der Waals surface area contributed by atoms with Gasteiger partial charge in [0.2, 0.25) is 0 Å². The van der Waals surface area contributed by atoms with Crippen molar-refractivity contribution in [3.05, 3.63) is 23.8 Å². The Labute approximate surface area is 193 Å². The van der Waals surface area contributed by atoms with Gasteiger partial charge in [-0.1, -0.05) is 58.4 Å². The van der Waals surface area contributed by atoms with Gasteiger partial charge in [0.05, 0.1) is 6.10 Å². The topological polar surface area (TPSA) is 20.2 Å². The van der Waals surface area contributed by atoms with Crippen LogP contribution in [0.4, 0.5) is 0 Å². The van der Waals surface area contributed by atoms with Crippen LogP contribution in [0.15, 0.2) is 23.8 Å². The van der Waals surface area contributed by atoms with Crippen LogP contribution in [-0.2, 0) is 0 Å². The molecule has 0 bridgehead atoms. The standard InChI is InChI=1S/C30H50O/c1-20(2)10-9-11-21(3)22-14-18-29(7)23(22)12-13-25-28(6)17-16-26(31)27(4,5)24(28)15-19-30(25,29)8/h10,22-26,31H,3,9,11-19H2,1-2,4-8H3/t22?,23-,24?,25?,26+,28+,29?,30-/m1/s1. The summed E-state index contributed by atoms with van der Waals surface area (Å²) in [6.07, 6.45) is 15.0. The molecular weight excluding hydrogens is 376 g/mol. The van der Waals surface area contributed by atoms with E-state index in [0.29, 0.717) is 22.2 Å². The minimum absolute atomic E-state index is 0.0590. The van der Waals surface area contributed by atoms with E-state index in [2.05, 4.69) is 61.1 Å². The van der Waals surface area contributed by atoms with Crippen LogP contribution in [0.2, 0.25) is 0 Å². The first kappa shape index (κ1) is 23.6. The fraction of sp³-hybridized carbons (Fsp3) is 0.867. The number of aliphatic hydroxyl groups is 1. The predicted molar refractivity (Wildman–Crippen MR) is 133 cm³/mol. The SMILES string of the molecule is C=C(CCC=C(C)C)C1CCC2(C)[C@@H]1CCC1[C@@]3(C)CC[C@H](O)C(C)(C)C3CC[C@]12C. The molecule has 1 heteroatoms. The first-order valence-electron chi connectivity index (χ1n) is 13.4. The molecule has 4 unspecified atom stereocenters. The Bertz CT molecular complexity index is 742. The average molecular weight is 427 g/mol. The molecule has 1 N–H and O–H groups in total. The van der Waals surface area contributed by atoms with Gasteiger partial charge in [-0.05, 0) is 123 Å². The number of fused-ring (bicyclic) bond motifs is 5. The lowest BCUT2D eigenvalue weighted by Crippen LogP contribution is -2.63. The van der Waals surface area contributed by atoms with Crippen molar-refractivity contribution in [3.8, 4) is 0 Å². The number of rotatable bonds is 4. The number of hydrogen-bond donors (Lipinski definition) is 1. The zero-order valence-corrected chi connectivity index (χ0v) is 21.7. The van der Waals surface area contributed by atoms with Crippen LogP contribution in [0.5, 0.6) is 0 Å². The van der Waals surface area contributed by atoms with Crippen molar-refractivity contribution in [1.29, 1.82) is 0 Å². The fourth-order valence-corrected chi connectivity index (χ4v) is 9.95.